The molecule has 0 aliphatic carbocycles. The largest absolute Gasteiger partial charge is 0.360 e. The summed E-state index contributed by atoms with van der Waals surface area (Å²) in [6.45, 7) is 5.70. The van der Waals surface area contributed by atoms with Crippen molar-refractivity contribution in [3.63, 3.8) is 0 Å². The van der Waals surface area contributed by atoms with Crippen LogP contribution in [0.5, 0.6) is 0 Å². The van der Waals surface area contributed by atoms with E-state index in [0.717, 1.165) is 0 Å². The summed E-state index contributed by atoms with van der Waals surface area (Å²) in [5.74, 6) is -0.229. The van der Waals surface area contributed by atoms with Crippen molar-refractivity contribution in [1.29, 1.82) is 0 Å². The van der Waals surface area contributed by atoms with Gasteiger partial charge in [0.05, 0.1) is 0 Å². The van der Waals surface area contributed by atoms with E-state index in [0.29, 0.717) is 16.4 Å². The molecular weight excluding hydrogens is 211 g/mol. The number of thiocarbonyl (C=S) groups is 1. The van der Waals surface area contributed by atoms with Crippen molar-refractivity contribution >= 4 is 23.0 Å². The number of anilines is 1. The monoisotopic (exact) mass is 226 g/mol. The van der Waals surface area contributed by atoms with Crippen LogP contribution in [0.2, 0.25) is 0 Å². The van der Waals surface area contributed by atoms with Crippen LogP contribution in [-0.2, 0) is 0 Å². The summed E-state index contributed by atoms with van der Waals surface area (Å²) < 4.78 is 13.2. The van der Waals surface area contributed by atoms with E-state index in [1.54, 1.807) is 19.1 Å². The first-order valence-corrected chi connectivity index (χ1v) is 5.24. The molecule has 0 aromatic heterocycles. The van der Waals surface area contributed by atoms with Gasteiger partial charge >= 0.3 is 0 Å². The van der Waals surface area contributed by atoms with Gasteiger partial charge in [0.1, 0.15) is 5.82 Å². The Kier molecular flexibility index (Phi) is 4.03. The van der Waals surface area contributed by atoms with E-state index in [1.807, 2.05) is 13.8 Å². The lowest BCUT2D eigenvalue weighted by atomic mass is 10.2. The Morgan fingerprint density at radius 1 is 1.40 bits per heavy atom. The molecule has 15 heavy (non-hydrogen) atoms. The lowest BCUT2D eigenvalue weighted by molar-refractivity contribution is 0.619. The zero-order valence-electron chi connectivity index (χ0n) is 9.10. The summed E-state index contributed by atoms with van der Waals surface area (Å²) >= 11 is 5.07. The van der Waals surface area contributed by atoms with Gasteiger partial charge in [0, 0.05) is 17.3 Å². The fourth-order valence-electron chi connectivity index (χ4n) is 1.16. The molecular formula is C11H15FN2S. The summed E-state index contributed by atoms with van der Waals surface area (Å²) in [5.41, 5.74) is 1.28. The molecule has 2 N–H and O–H groups in total. The van der Waals surface area contributed by atoms with Crippen LogP contribution in [0.15, 0.2) is 18.2 Å². The molecule has 0 aliphatic rings. The molecule has 0 spiro atoms. The van der Waals surface area contributed by atoms with Crippen LogP contribution < -0.4 is 10.6 Å². The minimum atomic E-state index is -0.229. The maximum Gasteiger partial charge on any atom is 0.170 e. The third kappa shape index (κ3) is 3.47. The van der Waals surface area contributed by atoms with Crippen molar-refractivity contribution in [1.82, 2.24) is 5.32 Å². The van der Waals surface area contributed by atoms with E-state index in [1.165, 1.54) is 6.07 Å². The number of halogens is 1. The maximum atomic E-state index is 13.2. The highest BCUT2D eigenvalue weighted by molar-refractivity contribution is 7.80. The average molecular weight is 226 g/mol. The topological polar surface area (TPSA) is 24.1 Å². The summed E-state index contributed by atoms with van der Waals surface area (Å²) in [7, 11) is 0. The molecule has 0 radical (unpaired) electrons. The molecule has 2 nitrogen and oxygen atoms in total. The summed E-state index contributed by atoms with van der Waals surface area (Å²) in [6.07, 6.45) is 0. The second kappa shape index (κ2) is 5.07. The smallest absolute Gasteiger partial charge is 0.170 e. The Labute approximate surface area is 94.9 Å². The molecule has 0 saturated carbocycles. The van der Waals surface area contributed by atoms with Gasteiger partial charge in [-0.05, 0) is 45.1 Å². The van der Waals surface area contributed by atoms with E-state index >= 15 is 0 Å². The molecule has 0 amide bonds. The molecule has 0 unspecified atom stereocenters. The van der Waals surface area contributed by atoms with Crippen LogP contribution >= 0.6 is 12.2 Å². The van der Waals surface area contributed by atoms with Crippen LogP contribution in [0.4, 0.5) is 10.1 Å². The molecule has 0 saturated heterocycles. The quantitative estimate of drug-likeness (QED) is 0.758. The number of hydrogen-bond acceptors (Lipinski definition) is 1. The standard InChI is InChI=1S/C11H15FN2S/c1-7(2)13-11(15)14-10-6-4-5-9(12)8(10)3/h4-7H,1-3H3,(H2,13,14,15). The molecule has 82 valence electrons. The van der Waals surface area contributed by atoms with Crippen molar-refractivity contribution in [3.05, 3.63) is 29.6 Å². The van der Waals surface area contributed by atoms with Crippen molar-refractivity contribution in [3.8, 4) is 0 Å². The van der Waals surface area contributed by atoms with Crippen LogP contribution in [0.25, 0.3) is 0 Å². The molecule has 4 heteroatoms. The van der Waals surface area contributed by atoms with Gasteiger partial charge in [-0.15, -0.1) is 0 Å². The third-order valence-electron chi connectivity index (χ3n) is 1.94. The maximum absolute atomic E-state index is 13.2. The highest BCUT2D eigenvalue weighted by Gasteiger charge is 2.05. The second-order valence-corrected chi connectivity index (χ2v) is 4.07. The SMILES string of the molecule is Cc1c(F)cccc1NC(=S)NC(C)C. The van der Waals surface area contributed by atoms with Crippen LogP contribution in [0, 0.1) is 12.7 Å². The number of hydrogen-bond donors (Lipinski definition) is 2. The summed E-state index contributed by atoms with van der Waals surface area (Å²) in [4.78, 5) is 0. The minimum absolute atomic E-state index is 0.229. The lowest BCUT2D eigenvalue weighted by Crippen LogP contribution is -2.34. The van der Waals surface area contributed by atoms with Gasteiger partial charge in [0.25, 0.3) is 0 Å². The van der Waals surface area contributed by atoms with Gasteiger partial charge in [0.15, 0.2) is 5.11 Å². The van der Waals surface area contributed by atoms with E-state index in [-0.39, 0.29) is 11.9 Å². The Morgan fingerprint density at radius 3 is 2.67 bits per heavy atom. The Morgan fingerprint density at radius 2 is 2.07 bits per heavy atom. The first-order chi connectivity index (χ1) is 7.00. The Hall–Kier alpha value is -1.16. The van der Waals surface area contributed by atoms with E-state index in [2.05, 4.69) is 10.6 Å². The normalized spacial score (nSPS) is 10.2. The molecule has 1 aromatic carbocycles. The van der Waals surface area contributed by atoms with Gasteiger partial charge in [-0.3, -0.25) is 0 Å². The summed E-state index contributed by atoms with van der Waals surface area (Å²) in [5, 5.41) is 6.51. The zero-order valence-corrected chi connectivity index (χ0v) is 9.91. The predicted octanol–water partition coefficient (Wildman–Crippen LogP) is 2.83. The van der Waals surface area contributed by atoms with Crippen LogP contribution in [0.1, 0.15) is 19.4 Å². The molecule has 0 bridgehead atoms. The van der Waals surface area contributed by atoms with Crippen molar-refractivity contribution < 1.29 is 4.39 Å². The minimum Gasteiger partial charge on any atom is -0.360 e. The molecule has 1 aromatic rings. The van der Waals surface area contributed by atoms with Gasteiger partial charge in [-0.25, -0.2) is 4.39 Å². The molecule has 1 rings (SSSR count). The fraction of sp³-hybridized carbons (Fsp3) is 0.364. The van der Waals surface area contributed by atoms with Gasteiger partial charge in [0.2, 0.25) is 0 Å². The van der Waals surface area contributed by atoms with Gasteiger partial charge in [-0.1, -0.05) is 6.07 Å². The molecule has 0 aliphatic heterocycles. The molecule has 0 atom stereocenters. The Balaban J connectivity index is 2.73. The van der Waals surface area contributed by atoms with Crippen LogP contribution in [-0.4, -0.2) is 11.2 Å². The Bertz CT molecular complexity index is 364. The van der Waals surface area contributed by atoms with Gasteiger partial charge in [-0.2, -0.15) is 0 Å². The first kappa shape index (κ1) is 11.9. The van der Waals surface area contributed by atoms with Crippen molar-refractivity contribution in [2.45, 2.75) is 26.8 Å². The third-order valence-corrected chi connectivity index (χ3v) is 2.16. The fourth-order valence-corrected chi connectivity index (χ4v) is 1.51. The van der Waals surface area contributed by atoms with Gasteiger partial charge < -0.3 is 10.6 Å². The van der Waals surface area contributed by atoms with Crippen molar-refractivity contribution in [2.24, 2.45) is 0 Å². The number of rotatable bonds is 2. The van der Waals surface area contributed by atoms with E-state index in [9.17, 15) is 4.39 Å². The number of benzene rings is 1. The van der Waals surface area contributed by atoms with Crippen LogP contribution in [0.3, 0.4) is 0 Å². The van der Waals surface area contributed by atoms with E-state index < -0.39 is 0 Å². The first-order valence-electron chi connectivity index (χ1n) is 4.83. The zero-order chi connectivity index (χ0) is 11.4. The predicted molar refractivity (Wildman–Crippen MR) is 65.6 cm³/mol. The number of nitrogens with one attached hydrogen (secondary N) is 2. The second-order valence-electron chi connectivity index (χ2n) is 3.67. The highest BCUT2D eigenvalue weighted by Crippen LogP contribution is 2.17. The lowest BCUT2D eigenvalue weighted by Gasteiger charge is -2.14. The van der Waals surface area contributed by atoms with E-state index in [4.69, 9.17) is 12.2 Å². The van der Waals surface area contributed by atoms with Crippen molar-refractivity contribution in [2.75, 3.05) is 5.32 Å². The summed E-state index contributed by atoms with van der Waals surface area (Å²) in [6, 6.07) is 5.15. The molecule has 0 heterocycles. The molecule has 0 fully saturated rings. The average Bonchev–Trinajstić information content (AvgIpc) is 2.11. The highest BCUT2D eigenvalue weighted by atomic mass is 32.1.